The Labute approximate surface area is 162 Å². The van der Waals surface area contributed by atoms with Crippen LogP contribution in [0.5, 0.6) is 11.8 Å². The average molecular weight is 431 g/mol. The third-order valence-corrected chi connectivity index (χ3v) is 5.47. The molecule has 0 saturated heterocycles. The fourth-order valence-electron chi connectivity index (χ4n) is 2.36. The van der Waals surface area contributed by atoms with Gasteiger partial charge in [0.05, 0.1) is 36.7 Å². The maximum absolute atomic E-state index is 12.8. The van der Waals surface area contributed by atoms with Crippen molar-refractivity contribution in [3.8, 4) is 23.1 Å². The summed E-state index contributed by atoms with van der Waals surface area (Å²) in [6.07, 6.45) is -2.09. The van der Waals surface area contributed by atoms with Crippen LogP contribution in [0.25, 0.3) is 11.4 Å². The summed E-state index contributed by atoms with van der Waals surface area (Å²) < 4.78 is 63.0. The highest BCUT2D eigenvalue weighted by Gasteiger charge is 2.23. The van der Waals surface area contributed by atoms with Crippen molar-refractivity contribution in [1.29, 1.82) is 0 Å². The number of anilines is 1. The van der Waals surface area contributed by atoms with Gasteiger partial charge in [0, 0.05) is 18.0 Å². The van der Waals surface area contributed by atoms with E-state index in [4.69, 9.17) is 9.47 Å². The van der Waals surface area contributed by atoms with Gasteiger partial charge in [0.1, 0.15) is 4.90 Å². The van der Waals surface area contributed by atoms with Gasteiger partial charge in [0.15, 0.2) is 0 Å². The van der Waals surface area contributed by atoms with E-state index in [1.807, 2.05) is 0 Å². The molecule has 0 fully saturated rings. The first kappa shape index (κ1) is 19.9. The molecule has 0 aliphatic rings. The maximum atomic E-state index is 12.8. The number of sulfonamides is 1. The van der Waals surface area contributed by atoms with Crippen LogP contribution in [0.15, 0.2) is 28.0 Å². The first-order chi connectivity index (χ1) is 13.3. The monoisotopic (exact) mass is 431 g/mol. The third kappa shape index (κ3) is 4.20. The molecule has 0 unspecified atom stereocenters. The molecule has 0 aliphatic heterocycles. The predicted molar refractivity (Wildman–Crippen MR) is 97.6 cm³/mol. The minimum atomic E-state index is -4.06. The van der Waals surface area contributed by atoms with E-state index in [1.54, 1.807) is 10.9 Å². The van der Waals surface area contributed by atoms with Crippen molar-refractivity contribution >= 4 is 27.3 Å². The number of rotatable bonds is 8. The molecule has 3 rings (SSSR count). The number of aromatic amines is 1. The molecule has 0 radical (unpaired) electrons. The van der Waals surface area contributed by atoms with E-state index in [1.165, 1.54) is 37.8 Å². The van der Waals surface area contributed by atoms with Crippen LogP contribution in [-0.4, -0.2) is 49.0 Å². The van der Waals surface area contributed by atoms with Gasteiger partial charge in [-0.1, -0.05) is 0 Å². The second-order valence-corrected chi connectivity index (χ2v) is 7.77. The number of ether oxygens (including phenoxy) is 2. The number of aromatic nitrogens is 4. The molecule has 0 amide bonds. The highest BCUT2D eigenvalue weighted by Crippen LogP contribution is 2.30. The molecule has 150 valence electrons. The molecule has 0 atom stereocenters. The standard InChI is InChI=1S/C15H15F2N5O4S2/c1-25-13-9(4-12(16)17)14(26-2)21-15(20-13)22-28(23,24)8-3-10(18-5-8)11-6-27-7-19-11/h3,5-7,12,18H,4H2,1-2H3,(H,20,21,22). The molecule has 9 nitrogen and oxygen atoms in total. The van der Waals surface area contributed by atoms with Crippen molar-refractivity contribution in [1.82, 2.24) is 19.9 Å². The smallest absolute Gasteiger partial charge is 0.265 e. The molecular formula is C15H15F2N5O4S2. The molecule has 0 saturated carbocycles. The zero-order chi connectivity index (χ0) is 20.3. The van der Waals surface area contributed by atoms with E-state index >= 15 is 0 Å². The molecular weight excluding hydrogens is 416 g/mol. The molecule has 3 aromatic heterocycles. The SMILES string of the molecule is COc1nc(NS(=O)(=O)c2c[nH]c(-c3cscn3)c2)nc(OC)c1CC(F)F. The fraction of sp³-hybridized carbons (Fsp3) is 0.267. The number of methoxy groups -OCH3 is 2. The van der Waals surface area contributed by atoms with Crippen molar-refractivity contribution in [3.05, 3.63) is 28.7 Å². The normalized spacial score (nSPS) is 11.6. The Kier molecular flexibility index (Phi) is 5.74. The molecule has 0 spiro atoms. The molecule has 28 heavy (non-hydrogen) atoms. The zero-order valence-electron chi connectivity index (χ0n) is 14.6. The van der Waals surface area contributed by atoms with Crippen LogP contribution in [0.2, 0.25) is 0 Å². The maximum Gasteiger partial charge on any atom is 0.265 e. The number of halogens is 2. The molecule has 0 aliphatic carbocycles. The van der Waals surface area contributed by atoms with Gasteiger partial charge >= 0.3 is 0 Å². The number of hydrogen-bond acceptors (Lipinski definition) is 8. The Hall–Kier alpha value is -2.80. The van der Waals surface area contributed by atoms with Crippen LogP contribution < -0.4 is 14.2 Å². The lowest BCUT2D eigenvalue weighted by Gasteiger charge is -2.13. The summed E-state index contributed by atoms with van der Waals surface area (Å²) in [4.78, 5) is 14.6. The zero-order valence-corrected chi connectivity index (χ0v) is 16.3. The number of hydrogen-bond donors (Lipinski definition) is 2. The van der Waals surface area contributed by atoms with Crippen molar-refractivity contribution in [2.24, 2.45) is 0 Å². The van der Waals surface area contributed by atoms with Crippen LogP contribution >= 0.6 is 11.3 Å². The summed E-state index contributed by atoms with van der Waals surface area (Å²) in [5, 5.41) is 1.76. The van der Waals surface area contributed by atoms with Gasteiger partial charge in [-0.2, -0.15) is 9.97 Å². The van der Waals surface area contributed by atoms with Gasteiger partial charge in [0.25, 0.3) is 10.0 Å². The van der Waals surface area contributed by atoms with E-state index in [0.29, 0.717) is 11.4 Å². The van der Waals surface area contributed by atoms with Crippen LogP contribution in [0.1, 0.15) is 5.56 Å². The second kappa shape index (κ2) is 8.06. The summed E-state index contributed by atoms with van der Waals surface area (Å²) in [7, 11) is -1.61. The topological polar surface area (TPSA) is 119 Å². The quantitative estimate of drug-likeness (QED) is 0.562. The number of thiazole rings is 1. The third-order valence-electron chi connectivity index (χ3n) is 3.58. The molecule has 0 aromatic carbocycles. The molecule has 3 heterocycles. The van der Waals surface area contributed by atoms with Gasteiger partial charge < -0.3 is 14.5 Å². The van der Waals surface area contributed by atoms with Crippen molar-refractivity contribution in [2.45, 2.75) is 17.7 Å². The summed E-state index contributed by atoms with van der Waals surface area (Å²) in [5.74, 6) is -0.785. The predicted octanol–water partition coefficient (Wildman–Crippen LogP) is 2.55. The number of alkyl halides is 2. The number of nitrogens with one attached hydrogen (secondary N) is 2. The summed E-state index contributed by atoms with van der Waals surface area (Å²) in [5.41, 5.74) is 2.68. The van der Waals surface area contributed by atoms with Crippen molar-refractivity contribution < 1.29 is 26.7 Å². The van der Waals surface area contributed by atoms with E-state index in [9.17, 15) is 17.2 Å². The minimum Gasteiger partial charge on any atom is -0.481 e. The van der Waals surface area contributed by atoms with E-state index in [0.717, 1.165) is 0 Å². The highest BCUT2D eigenvalue weighted by molar-refractivity contribution is 7.92. The fourth-order valence-corrected chi connectivity index (χ4v) is 3.85. The van der Waals surface area contributed by atoms with Gasteiger partial charge in [-0.25, -0.2) is 26.9 Å². The lowest BCUT2D eigenvalue weighted by molar-refractivity contribution is 0.146. The minimum absolute atomic E-state index is 0.0598. The van der Waals surface area contributed by atoms with Gasteiger partial charge in [-0.3, -0.25) is 0 Å². The van der Waals surface area contributed by atoms with Gasteiger partial charge in [0.2, 0.25) is 24.1 Å². The Balaban J connectivity index is 1.92. The van der Waals surface area contributed by atoms with Crippen LogP contribution in [-0.2, 0) is 16.4 Å². The first-order valence-corrected chi connectivity index (χ1v) is 10.1. The summed E-state index contributed by atoms with van der Waals surface area (Å²) in [6.45, 7) is 0. The Bertz CT molecular complexity index is 1030. The van der Waals surface area contributed by atoms with Gasteiger partial charge in [-0.15, -0.1) is 11.3 Å². The van der Waals surface area contributed by atoms with Gasteiger partial charge in [-0.05, 0) is 6.07 Å². The van der Waals surface area contributed by atoms with Crippen molar-refractivity contribution in [2.75, 3.05) is 18.9 Å². The lowest BCUT2D eigenvalue weighted by atomic mass is 10.2. The summed E-state index contributed by atoms with van der Waals surface area (Å²) >= 11 is 1.37. The van der Waals surface area contributed by atoms with E-state index in [-0.39, 0.29) is 28.2 Å². The average Bonchev–Trinajstić information content (AvgIpc) is 3.33. The van der Waals surface area contributed by atoms with E-state index < -0.39 is 22.9 Å². The number of nitrogens with zero attached hydrogens (tertiary/aromatic N) is 3. The molecule has 2 N–H and O–H groups in total. The first-order valence-electron chi connectivity index (χ1n) is 7.71. The molecule has 13 heteroatoms. The Morgan fingerprint density at radius 2 is 1.93 bits per heavy atom. The van der Waals surface area contributed by atoms with E-state index in [2.05, 4.69) is 24.7 Å². The lowest BCUT2D eigenvalue weighted by Crippen LogP contribution is -2.16. The number of H-pyrrole nitrogens is 1. The Morgan fingerprint density at radius 1 is 1.25 bits per heavy atom. The largest absolute Gasteiger partial charge is 0.481 e. The van der Waals surface area contributed by atoms with Crippen LogP contribution in [0.4, 0.5) is 14.7 Å². The Morgan fingerprint density at radius 3 is 2.46 bits per heavy atom. The van der Waals surface area contributed by atoms with Crippen LogP contribution in [0, 0.1) is 0 Å². The second-order valence-electron chi connectivity index (χ2n) is 5.37. The van der Waals surface area contributed by atoms with Crippen molar-refractivity contribution in [3.63, 3.8) is 0 Å². The highest BCUT2D eigenvalue weighted by atomic mass is 32.2. The molecule has 0 bridgehead atoms. The summed E-state index contributed by atoms with van der Waals surface area (Å²) in [6, 6.07) is 1.40. The molecule has 3 aromatic rings. The van der Waals surface area contributed by atoms with Crippen LogP contribution in [0.3, 0.4) is 0 Å².